The molecule has 0 unspecified atom stereocenters. The van der Waals surface area contributed by atoms with Crippen molar-refractivity contribution in [2.24, 2.45) is 0 Å². The highest BCUT2D eigenvalue weighted by Crippen LogP contribution is 2.32. The maximum atomic E-state index is 6.12. The number of hydrogen-bond acceptors (Lipinski definition) is 3. The largest absolute Gasteiger partial charge is 0.457 e. The number of aromatic nitrogens is 1. The van der Waals surface area contributed by atoms with E-state index in [0.29, 0.717) is 16.5 Å². The third-order valence-corrected chi connectivity index (χ3v) is 3.48. The first-order valence-electron chi connectivity index (χ1n) is 6.22. The van der Waals surface area contributed by atoms with Gasteiger partial charge in [0.25, 0.3) is 0 Å². The zero-order chi connectivity index (χ0) is 14.1. The molecule has 1 aromatic heterocycles. The monoisotopic (exact) mass is 284 g/mol. The molecule has 3 rings (SSSR count). The summed E-state index contributed by atoms with van der Waals surface area (Å²) in [6.07, 6.45) is 1.70. The van der Waals surface area contributed by atoms with Crippen LogP contribution in [0.5, 0.6) is 11.5 Å². The highest BCUT2D eigenvalue weighted by Gasteiger charge is 2.07. The van der Waals surface area contributed by atoms with Gasteiger partial charge >= 0.3 is 0 Å². The Labute approximate surface area is 122 Å². The van der Waals surface area contributed by atoms with Crippen LogP contribution in [0.3, 0.4) is 0 Å². The molecular weight excluding hydrogens is 272 g/mol. The number of pyridine rings is 1. The molecule has 0 aliphatic rings. The lowest BCUT2D eigenvalue weighted by molar-refractivity contribution is 0.488. The SMILES string of the molecule is Cc1cc2c(Oc3cccc(N)c3)ccnc2cc1Cl. The van der Waals surface area contributed by atoms with Gasteiger partial charge in [0, 0.05) is 28.4 Å². The number of halogens is 1. The van der Waals surface area contributed by atoms with Crippen LogP contribution in [-0.4, -0.2) is 4.98 Å². The number of nitrogens with two attached hydrogens (primary N) is 1. The third-order valence-electron chi connectivity index (χ3n) is 3.07. The fourth-order valence-corrected chi connectivity index (χ4v) is 2.20. The number of benzene rings is 2. The van der Waals surface area contributed by atoms with Crippen molar-refractivity contribution in [1.82, 2.24) is 4.98 Å². The van der Waals surface area contributed by atoms with Crippen molar-refractivity contribution >= 4 is 28.2 Å². The molecule has 0 amide bonds. The molecule has 0 saturated carbocycles. The van der Waals surface area contributed by atoms with E-state index in [1.807, 2.05) is 43.3 Å². The number of fused-ring (bicyclic) bond motifs is 1. The molecule has 0 aliphatic heterocycles. The van der Waals surface area contributed by atoms with Crippen molar-refractivity contribution in [3.05, 3.63) is 59.2 Å². The second kappa shape index (κ2) is 5.02. The number of rotatable bonds is 2. The number of anilines is 1. The maximum absolute atomic E-state index is 6.12. The number of aryl methyl sites for hydroxylation is 1. The van der Waals surface area contributed by atoms with Crippen LogP contribution in [0.4, 0.5) is 5.69 Å². The Morgan fingerprint density at radius 1 is 1.15 bits per heavy atom. The molecule has 1 heterocycles. The van der Waals surface area contributed by atoms with Crippen LogP contribution in [0.15, 0.2) is 48.7 Å². The summed E-state index contributed by atoms with van der Waals surface area (Å²) >= 11 is 6.12. The molecule has 3 aromatic rings. The Morgan fingerprint density at radius 2 is 2.00 bits per heavy atom. The lowest BCUT2D eigenvalue weighted by Gasteiger charge is -2.10. The maximum Gasteiger partial charge on any atom is 0.138 e. The number of hydrogen-bond donors (Lipinski definition) is 1. The first-order chi connectivity index (χ1) is 9.63. The first-order valence-corrected chi connectivity index (χ1v) is 6.59. The number of ether oxygens (including phenoxy) is 1. The van der Waals surface area contributed by atoms with E-state index in [9.17, 15) is 0 Å². The summed E-state index contributed by atoms with van der Waals surface area (Å²) in [5, 5.41) is 1.63. The minimum Gasteiger partial charge on any atom is -0.457 e. The molecule has 4 heteroatoms. The van der Waals surface area contributed by atoms with E-state index < -0.39 is 0 Å². The molecule has 0 atom stereocenters. The van der Waals surface area contributed by atoms with Gasteiger partial charge in [-0.25, -0.2) is 0 Å². The zero-order valence-electron chi connectivity index (χ0n) is 10.9. The molecule has 0 spiro atoms. The van der Waals surface area contributed by atoms with Crippen molar-refractivity contribution in [3.8, 4) is 11.5 Å². The second-order valence-corrected chi connectivity index (χ2v) is 5.01. The minimum atomic E-state index is 0.667. The molecule has 0 aliphatic carbocycles. The van der Waals surface area contributed by atoms with Crippen molar-refractivity contribution < 1.29 is 4.74 Å². The Morgan fingerprint density at radius 3 is 2.80 bits per heavy atom. The van der Waals surface area contributed by atoms with Crippen LogP contribution in [0.2, 0.25) is 5.02 Å². The Bertz CT molecular complexity index is 787. The van der Waals surface area contributed by atoms with Crippen molar-refractivity contribution in [2.75, 3.05) is 5.73 Å². The number of nitrogens with zero attached hydrogens (tertiary/aromatic N) is 1. The first kappa shape index (κ1) is 12.8. The van der Waals surface area contributed by atoms with E-state index in [0.717, 1.165) is 22.2 Å². The van der Waals surface area contributed by atoms with Gasteiger partial charge in [0.05, 0.1) is 5.52 Å². The molecule has 0 radical (unpaired) electrons. The average Bonchev–Trinajstić information content (AvgIpc) is 2.41. The van der Waals surface area contributed by atoms with Gasteiger partial charge in [-0.1, -0.05) is 17.7 Å². The summed E-state index contributed by atoms with van der Waals surface area (Å²) < 4.78 is 5.90. The third kappa shape index (κ3) is 2.40. The lowest BCUT2D eigenvalue weighted by Crippen LogP contribution is -1.90. The minimum absolute atomic E-state index is 0.667. The van der Waals surface area contributed by atoms with E-state index >= 15 is 0 Å². The molecule has 0 bridgehead atoms. The van der Waals surface area contributed by atoms with E-state index in [1.54, 1.807) is 12.3 Å². The standard InChI is InChI=1S/C16H13ClN2O/c1-10-7-13-15(9-14(10)17)19-6-5-16(13)20-12-4-2-3-11(18)8-12/h2-9H,18H2,1H3. The second-order valence-electron chi connectivity index (χ2n) is 4.60. The van der Waals surface area contributed by atoms with Gasteiger partial charge in [-0.15, -0.1) is 0 Å². The molecule has 2 N–H and O–H groups in total. The van der Waals surface area contributed by atoms with Gasteiger partial charge in [-0.05, 0) is 42.8 Å². The van der Waals surface area contributed by atoms with Gasteiger partial charge in [0.15, 0.2) is 0 Å². The summed E-state index contributed by atoms with van der Waals surface area (Å²) in [6.45, 7) is 1.96. The van der Waals surface area contributed by atoms with Crippen LogP contribution < -0.4 is 10.5 Å². The zero-order valence-corrected chi connectivity index (χ0v) is 11.7. The Balaban J connectivity index is 2.09. The predicted octanol–water partition coefficient (Wildman–Crippen LogP) is 4.57. The van der Waals surface area contributed by atoms with Crippen LogP contribution in [0.25, 0.3) is 10.9 Å². The van der Waals surface area contributed by atoms with E-state index in [4.69, 9.17) is 22.1 Å². The summed E-state index contributed by atoms with van der Waals surface area (Å²) in [7, 11) is 0. The fraction of sp³-hybridized carbons (Fsp3) is 0.0625. The summed E-state index contributed by atoms with van der Waals surface area (Å²) in [5.74, 6) is 1.44. The summed E-state index contributed by atoms with van der Waals surface area (Å²) in [6, 6.07) is 13.0. The normalized spacial score (nSPS) is 10.7. The van der Waals surface area contributed by atoms with E-state index in [1.165, 1.54) is 0 Å². The summed E-state index contributed by atoms with van der Waals surface area (Å²) in [4.78, 5) is 4.31. The average molecular weight is 285 g/mol. The number of nitrogen functional groups attached to an aromatic ring is 1. The molecule has 2 aromatic carbocycles. The Hall–Kier alpha value is -2.26. The summed E-state index contributed by atoms with van der Waals surface area (Å²) in [5.41, 5.74) is 8.22. The molecule has 20 heavy (non-hydrogen) atoms. The lowest BCUT2D eigenvalue weighted by atomic mass is 10.1. The van der Waals surface area contributed by atoms with Crippen LogP contribution in [0.1, 0.15) is 5.56 Å². The molecule has 0 fully saturated rings. The van der Waals surface area contributed by atoms with Crippen LogP contribution >= 0.6 is 11.6 Å². The quantitative estimate of drug-likeness (QED) is 0.701. The van der Waals surface area contributed by atoms with Crippen LogP contribution in [-0.2, 0) is 0 Å². The van der Waals surface area contributed by atoms with Gasteiger partial charge in [0.2, 0.25) is 0 Å². The van der Waals surface area contributed by atoms with Crippen molar-refractivity contribution in [3.63, 3.8) is 0 Å². The van der Waals surface area contributed by atoms with Crippen molar-refractivity contribution in [2.45, 2.75) is 6.92 Å². The van der Waals surface area contributed by atoms with Gasteiger partial charge in [-0.2, -0.15) is 0 Å². The fourth-order valence-electron chi connectivity index (χ4n) is 2.04. The molecule has 0 saturated heterocycles. The van der Waals surface area contributed by atoms with E-state index in [-0.39, 0.29) is 0 Å². The molecule has 3 nitrogen and oxygen atoms in total. The van der Waals surface area contributed by atoms with Crippen LogP contribution in [0, 0.1) is 6.92 Å². The topological polar surface area (TPSA) is 48.1 Å². The smallest absolute Gasteiger partial charge is 0.138 e. The molecular formula is C16H13ClN2O. The van der Waals surface area contributed by atoms with E-state index in [2.05, 4.69) is 4.98 Å². The van der Waals surface area contributed by atoms with Gasteiger partial charge < -0.3 is 10.5 Å². The van der Waals surface area contributed by atoms with Gasteiger partial charge in [0.1, 0.15) is 11.5 Å². The van der Waals surface area contributed by atoms with Crippen molar-refractivity contribution in [1.29, 1.82) is 0 Å². The van der Waals surface area contributed by atoms with Gasteiger partial charge in [-0.3, -0.25) is 4.98 Å². The highest BCUT2D eigenvalue weighted by molar-refractivity contribution is 6.32. The predicted molar refractivity (Wildman–Crippen MR) is 82.4 cm³/mol. The Kier molecular flexibility index (Phi) is 3.20. The molecule has 100 valence electrons. The highest BCUT2D eigenvalue weighted by atomic mass is 35.5.